The quantitative estimate of drug-likeness (QED) is 0.329. The van der Waals surface area contributed by atoms with Crippen molar-refractivity contribution in [2.45, 2.75) is 6.54 Å². The van der Waals surface area contributed by atoms with Crippen LogP contribution in [0.1, 0.15) is 5.56 Å². The predicted molar refractivity (Wildman–Crippen MR) is 76.0 cm³/mol. The van der Waals surface area contributed by atoms with Crippen molar-refractivity contribution in [1.29, 1.82) is 0 Å². The molecule has 120 valence electrons. The van der Waals surface area contributed by atoms with E-state index in [1.165, 1.54) is 5.56 Å². The van der Waals surface area contributed by atoms with Crippen LogP contribution in [0.25, 0.3) is 0 Å². The molecule has 2 rings (SSSR count). The van der Waals surface area contributed by atoms with E-state index in [1.54, 1.807) is 0 Å². The van der Waals surface area contributed by atoms with Gasteiger partial charge in [-0.05, 0) is 0 Å². The minimum atomic E-state index is -6.00. The molecule has 1 nitrogen and oxygen atoms in total. The topological polar surface area (TPSA) is 0 Å². The Hall–Kier alpha value is -1.04. The van der Waals surface area contributed by atoms with E-state index in [2.05, 4.69) is 45.4 Å². The van der Waals surface area contributed by atoms with Crippen LogP contribution in [0.5, 0.6) is 0 Å². The van der Waals surface area contributed by atoms with Crippen LogP contribution in [0.15, 0.2) is 54.6 Å². The van der Waals surface area contributed by atoms with Gasteiger partial charge in [0, 0.05) is 0 Å². The van der Waals surface area contributed by atoms with Gasteiger partial charge in [-0.25, -0.2) is 18.2 Å². The third kappa shape index (κ3) is 21.4. The van der Waals surface area contributed by atoms with Gasteiger partial charge in [-0.15, -0.1) is 5.56 Å². The van der Waals surface area contributed by atoms with Crippen LogP contribution in [0.4, 0.5) is 17.3 Å². The van der Waals surface area contributed by atoms with Crippen molar-refractivity contribution in [2.24, 2.45) is 0 Å². The maximum absolute atomic E-state index is 9.75. The molecule has 2 aromatic rings. The fourth-order valence-electron chi connectivity index (χ4n) is 1.39. The van der Waals surface area contributed by atoms with Crippen molar-refractivity contribution >= 4 is 7.25 Å². The summed E-state index contributed by atoms with van der Waals surface area (Å²) >= 11 is 0. The molecule has 0 bridgehead atoms. The zero-order chi connectivity index (χ0) is 15.6. The standard InChI is InChI=1S/C9H15N.C5H5.BF4.Fe/c1-10(2,3)8-9-6-4-5-7-9;1-2-4-5-3-1;2-1(3,4)5;/h4-7H,8H2,1-3H3;1-5H;;/q;2*-1;+2. The first-order valence-electron chi connectivity index (χ1n) is 6.13. The summed E-state index contributed by atoms with van der Waals surface area (Å²) in [5.74, 6) is 0. The Morgan fingerprint density at radius 2 is 1.43 bits per heavy atom. The SMILES string of the molecule is C[N+](C)(C)Cc1cc[cH-]c1.F[B-](F)(F)F.[Fe+2].c1cc[cH-]c1. The number of halogens is 4. The molecular weight excluding hydrogens is 325 g/mol. The van der Waals surface area contributed by atoms with Gasteiger partial charge in [0.25, 0.3) is 0 Å². The van der Waals surface area contributed by atoms with Crippen LogP contribution in [-0.4, -0.2) is 32.9 Å². The van der Waals surface area contributed by atoms with Gasteiger partial charge in [-0.2, -0.15) is 36.4 Å². The third-order valence-electron chi connectivity index (χ3n) is 1.94. The summed E-state index contributed by atoms with van der Waals surface area (Å²) < 4.78 is 40.0. The first-order chi connectivity index (χ1) is 9.08. The molecule has 0 heterocycles. The fraction of sp³-hybridized carbons (Fsp3) is 0.286. The van der Waals surface area contributed by atoms with Gasteiger partial charge in [-0.1, -0.05) is 0 Å². The molecule has 0 N–H and O–H groups in total. The molecule has 0 unspecified atom stereocenters. The molecule has 0 spiro atoms. The zero-order valence-electron chi connectivity index (χ0n) is 12.3. The zero-order valence-corrected chi connectivity index (χ0v) is 13.4. The first-order valence-corrected chi connectivity index (χ1v) is 6.13. The molecule has 0 aliphatic heterocycles. The molecule has 0 saturated heterocycles. The molecule has 0 fully saturated rings. The first kappa shape index (κ1) is 22.2. The molecular formula is C14H20BF4FeN. The minimum absolute atomic E-state index is 0. The number of hydrogen-bond acceptors (Lipinski definition) is 0. The van der Waals surface area contributed by atoms with E-state index in [4.69, 9.17) is 0 Å². The number of hydrogen-bond donors (Lipinski definition) is 0. The van der Waals surface area contributed by atoms with Crippen molar-refractivity contribution in [3.05, 3.63) is 60.2 Å². The van der Waals surface area contributed by atoms with E-state index in [-0.39, 0.29) is 17.1 Å². The monoisotopic (exact) mass is 345 g/mol. The summed E-state index contributed by atoms with van der Waals surface area (Å²) in [6, 6.07) is 18.5. The summed E-state index contributed by atoms with van der Waals surface area (Å²) in [5, 5.41) is 0. The Morgan fingerprint density at radius 3 is 1.67 bits per heavy atom. The van der Waals surface area contributed by atoms with E-state index in [1.807, 2.05) is 30.3 Å². The molecule has 0 saturated carbocycles. The van der Waals surface area contributed by atoms with Crippen molar-refractivity contribution in [2.75, 3.05) is 21.1 Å². The van der Waals surface area contributed by atoms with Gasteiger partial charge < -0.3 is 21.7 Å². The Kier molecular flexibility index (Phi) is 11.3. The molecule has 0 atom stereocenters. The van der Waals surface area contributed by atoms with E-state index >= 15 is 0 Å². The van der Waals surface area contributed by atoms with Crippen LogP contribution < -0.4 is 0 Å². The molecule has 2 aromatic carbocycles. The Bertz CT molecular complexity index is 396. The van der Waals surface area contributed by atoms with E-state index < -0.39 is 7.25 Å². The molecule has 0 aromatic heterocycles. The van der Waals surface area contributed by atoms with Crippen LogP contribution >= 0.6 is 0 Å². The summed E-state index contributed by atoms with van der Waals surface area (Å²) in [6.07, 6.45) is 0. The molecule has 0 radical (unpaired) electrons. The van der Waals surface area contributed by atoms with Crippen molar-refractivity contribution in [3.8, 4) is 0 Å². The van der Waals surface area contributed by atoms with Crippen molar-refractivity contribution in [3.63, 3.8) is 0 Å². The average Bonchev–Trinajstić information content (AvgIpc) is 2.84. The van der Waals surface area contributed by atoms with Crippen LogP contribution in [0, 0.1) is 0 Å². The van der Waals surface area contributed by atoms with Crippen LogP contribution in [-0.2, 0) is 23.6 Å². The van der Waals surface area contributed by atoms with Crippen molar-refractivity contribution < 1.29 is 38.8 Å². The largest absolute Gasteiger partial charge is 2.00 e. The van der Waals surface area contributed by atoms with E-state index in [0.29, 0.717) is 0 Å². The second-order valence-corrected chi connectivity index (χ2v) is 5.20. The number of rotatable bonds is 2. The Balaban J connectivity index is 0. The Morgan fingerprint density at radius 1 is 0.952 bits per heavy atom. The Labute approximate surface area is 134 Å². The van der Waals surface area contributed by atoms with Gasteiger partial charge in [0.2, 0.25) is 0 Å². The van der Waals surface area contributed by atoms with Crippen LogP contribution in [0.3, 0.4) is 0 Å². The number of quaternary nitrogens is 1. The summed E-state index contributed by atoms with van der Waals surface area (Å²) in [6.45, 7) is 1.12. The van der Waals surface area contributed by atoms with E-state index in [9.17, 15) is 17.3 Å². The van der Waals surface area contributed by atoms with Gasteiger partial charge in [0.05, 0.1) is 27.7 Å². The fourth-order valence-corrected chi connectivity index (χ4v) is 1.39. The normalized spacial score (nSPS) is 10.4. The van der Waals surface area contributed by atoms with Gasteiger partial charge in [0.15, 0.2) is 0 Å². The molecule has 21 heavy (non-hydrogen) atoms. The van der Waals surface area contributed by atoms with Gasteiger partial charge in [0.1, 0.15) is 0 Å². The minimum Gasteiger partial charge on any atom is -0.418 e. The molecule has 0 aliphatic rings. The summed E-state index contributed by atoms with van der Waals surface area (Å²) in [5.41, 5.74) is 1.42. The predicted octanol–water partition coefficient (Wildman–Crippen LogP) is 4.31. The molecule has 7 heteroatoms. The van der Waals surface area contributed by atoms with E-state index in [0.717, 1.165) is 11.0 Å². The second kappa shape index (κ2) is 10.7. The number of nitrogens with zero attached hydrogens (tertiary/aromatic N) is 1. The average molecular weight is 345 g/mol. The molecule has 0 aliphatic carbocycles. The maximum atomic E-state index is 9.75. The van der Waals surface area contributed by atoms with Crippen molar-refractivity contribution in [1.82, 2.24) is 0 Å². The van der Waals surface area contributed by atoms with Crippen LogP contribution in [0.2, 0.25) is 0 Å². The third-order valence-corrected chi connectivity index (χ3v) is 1.94. The smallest absolute Gasteiger partial charge is 0.418 e. The maximum Gasteiger partial charge on any atom is 2.00 e. The summed E-state index contributed by atoms with van der Waals surface area (Å²) in [4.78, 5) is 0. The molecule has 0 amide bonds. The van der Waals surface area contributed by atoms with Gasteiger partial charge in [-0.3, -0.25) is 0 Å². The second-order valence-electron chi connectivity index (χ2n) is 5.20. The summed E-state index contributed by atoms with van der Waals surface area (Å²) in [7, 11) is 0.604. The van der Waals surface area contributed by atoms with Gasteiger partial charge >= 0.3 is 24.3 Å².